The Morgan fingerprint density at radius 1 is 1.14 bits per heavy atom. The van der Waals surface area contributed by atoms with Gasteiger partial charge in [-0.15, -0.1) is 0 Å². The minimum absolute atomic E-state index is 0.731. The third-order valence-corrected chi connectivity index (χ3v) is 5.24. The fourth-order valence-corrected chi connectivity index (χ4v) is 3.74. The highest BCUT2D eigenvalue weighted by molar-refractivity contribution is 8.05. The number of pyridine rings is 1. The zero-order valence-electron chi connectivity index (χ0n) is 15.6. The van der Waals surface area contributed by atoms with E-state index in [-0.39, 0.29) is 0 Å². The molecule has 0 aliphatic heterocycles. The minimum Gasteiger partial charge on any atom is -0.456 e. The van der Waals surface area contributed by atoms with Crippen molar-refractivity contribution in [2.75, 3.05) is 11.8 Å². The Morgan fingerprint density at radius 3 is 2.71 bits per heavy atom. The van der Waals surface area contributed by atoms with Gasteiger partial charge in [0.2, 0.25) is 0 Å². The van der Waals surface area contributed by atoms with Crippen LogP contribution in [0.3, 0.4) is 0 Å². The van der Waals surface area contributed by atoms with Gasteiger partial charge in [-0.25, -0.2) is 4.98 Å². The van der Waals surface area contributed by atoms with Gasteiger partial charge in [0.05, 0.1) is 16.0 Å². The molecule has 2 heterocycles. The quantitative estimate of drug-likeness (QED) is 0.348. The number of hydrogen-bond donors (Lipinski definition) is 2. The number of rotatable bonds is 5. The number of furan rings is 1. The Morgan fingerprint density at radius 2 is 1.93 bits per heavy atom. The summed E-state index contributed by atoms with van der Waals surface area (Å²) in [7, 11) is 1.71. The SMILES string of the molecule is CN=CC(=CN)SNc1nc(-c2ccccc2C)cc2oc3ccccc3c12. The summed E-state index contributed by atoms with van der Waals surface area (Å²) in [4.78, 5) is 9.74. The van der Waals surface area contributed by atoms with Crippen molar-refractivity contribution in [2.24, 2.45) is 10.7 Å². The molecule has 5 nitrogen and oxygen atoms in total. The molecule has 0 aliphatic carbocycles. The average molecular weight is 388 g/mol. The van der Waals surface area contributed by atoms with Crippen LogP contribution in [0.25, 0.3) is 33.2 Å². The second-order valence-corrected chi connectivity index (χ2v) is 7.18. The molecule has 0 unspecified atom stereocenters. The van der Waals surface area contributed by atoms with Crippen molar-refractivity contribution < 1.29 is 4.42 Å². The van der Waals surface area contributed by atoms with Crippen molar-refractivity contribution >= 4 is 45.9 Å². The van der Waals surface area contributed by atoms with Crippen LogP contribution in [0.1, 0.15) is 5.56 Å². The number of anilines is 1. The van der Waals surface area contributed by atoms with Crippen molar-refractivity contribution in [3.63, 3.8) is 0 Å². The predicted octanol–water partition coefficient (Wildman–Crippen LogP) is 5.52. The first-order valence-electron chi connectivity index (χ1n) is 8.86. The third kappa shape index (κ3) is 3.34. The lowest BCUT2D eigenvalue weighted by atomic mass is 10.0. The standard InChI is InChI=1S/C22H20N4OS/c1-14-7-3-4-8-16(14)18-11-20-21(17-9-5-6-10-19(17)27-20)22(25-18)26-28-15(12-23)13-24-2/h3-13H,23H2,1-2H3,(H,25,26). The largest absolute Gasteiger partial charge is 0.456 e. The molecule has 28 heavy (non-hydrogen) atoms. The van der Waals surface area contributed by atoms with Gasteiger partial charge < -0.3 is 14.9 Å². The first-order valence-corrected chi connectivity index (χ1v) is 9.68. The Kier molecular flexibility index (Phi) is 5.04. The van der Waals surface area contributed by atoms with Crippen LogP contribution in [0.4, 0.5) is 5.82 Å². The summed E-state index contributed by atoms with van der Waals surface area (Å²) in [6.07, 6.45) is 3.22. The fraction of sp³-hybridized carbons (Fsp3) is 0.0909. The van der Waals surface area contributed by atoms with Crippen LogP contribution >= 0.6 is 11.9 Å². The van der Waals surface area contributed by atoms with E-state index in [1.54, 1.807) is 13.3 Å². The van der Waals surface area contributed by atoms with Crippen molar-refractivity contribution in [1.82, 2.24) is 4.98 Å². The molecule has 3 N–H and O–H groups in total. The van der Waals surface area contributed by atoms with E-state index < -0.39 is 0 Å². The third-order valence-electron chi connectivity index (χ3n) is 4.47. The van der Waals surface area contributed by atoms with Crippen LogP contribution in [0.2, 0.25) is 0 Å². The van der Waals surface area contributed by atoms with E-state index in [4.69, 9.17) is 15.1 Å². The summed E-state index contributed by atoms with van der Waals surface area (Å²) in [6.45, 7) is 2.08. The van der Waals surface area contributed by atoms with Gasteiger partial charge in [-0.3, -0.25) is 4.99 Å². The number of para-hydroxylation sites is 1. The molecule has 0 radical (unpaired) electrons. The molecule has 2 aromatic heterocycles. The Balaban J connectivity index is 1.90. The number of fused-ring (bicyclic) bond motifs is 3. The lowest BCUT2D eigenvalue weighted by Gasteiger charge is -2.10. The smallest absolute Gasteiger partial charge is 0.148 e. The second-order valence-electron chi connectivity index (χ2n) is 6.30. The van der Waals surface area contributed by atoms with Crippen LogP contribution in [-0.4, -0.2) is 18.2 Å². The predicted molar refractivity (Wildman–Crippen MR) is 120 cm³/mol. The molecule has 0 amide bonds. The Labute approximate surface area is 167 Å². The van der Waals surface area contributed by atoms with E-state index in [2.05, 4.69) is 28.8 Å². The molecular weight excluding hydrogens is 368 g/mol. The molecular formula is C22H20N4OS. The molecule has 4 rings (SSSR count). The van der Waals surface area contributed by atoms with Gasteiger partial charge >= 0.3 is 0 Å². The number of allylic oxidation sites excluding steroid dienone is 1. The number of aryl methyl sites for hydroxylation is 1. The monoisotopic (exact) mass is 388 g/mol. The summed E-state index contributed by atoms with van der Waals surface area (Å²) < 4.78 is 9.46. The van der Waals surface area contributed by atoms with Crippen molar-refractivity contribution in [2.45, 2.75) is 6.92 Å². The summed E-state index contributed by atoms with van der Waals surface area (Å²) in [6, 6.07) is 18.2. The highest BCUT2D eigenvalue weighted by Gasteiger charge is 2.16. The zero-order valence-corrected chi connectivity index (χ0v) is 16.5. The number of benzene rings is 2. The van der Waals surface area contributed by atoms with Gasteiger partial charge in [-0.05, 0) is 30.5 Å². The molecule has 0 aliphatic rings. The lowest BCUT2D eigenvalue weighted by molar-refractivity contribution is 0.669. The van der Waals surface area contributed by atoms with E-state index >= 15 is 0 Å². The average Bonchev–Trinajstić information content (AvgIpc) is 3.09. The Hall–Kier alpha value is -3.25. The number of nitrogens with zero attached hydrogens (tertiary/aromatic N) is 2. The topological polar surface area (TPSA) is 76.4 Å². The highest BCUT2D eigenvalue weighted by Crippen LogP contribution is 2.37. The van der Waals surface area contributed by atoms with Crippen LogP contribution in [0.5, 0.6) is 0 Å². The number of aromatic nitrogens is 1. The van der Waals surface area contributed by atoms with E-state index in [0.717, 1.165) is 49.5 Å². The van der Waals surface area contributed by atoms with Crippen LogP contribution in [0.15, 0.2) is 75.1 Å². The fourth-order valence-electron chi connectivity index (χ4n) is 3.15. The van der Waals surface area contributed by atoms with Crippen LogP contribution in [0, 0.1) is 6.92 Å². The minimum atomic E-state index is 0.731. The number of nitrogens with one attached hydrogen (secondary N) is 1. The maximum atomic E-state index is 6.12. The van der Waals surface area contributed by atoms with Gasteiger partial charge in [-0.1, -0.05) is 42.5 Å². The maximum Gasteiger partial charge on any atom is 0.148 e. The normalized spacial score (nSPS) is 12.3. The molecule has 0 atom stereocenters. The highest BCUT2D eigenvalue weighted by atomic mass is 32.2. The summed E-state index contributed by atoms with van der Waals surface area (Å²) >= 11 is 1.37. The summed E-state index contributed by atoms with van der Waals surface area (Å²) in [5, 5.41) is 1.97. The van der Waals surface area contributed by atoms with Gasteiger partial charge in [-0.2, -0.15) is 0 Å². The number of nitrogens with two attached hydrogens (primary N) is 1. The van der Waals surface area contributed by atoms with Gasteiger partial charge in [0.15, 0.2) is 0 Å². The number of aliphatic imine (C=N–C) groups is 1. The first kappa shape index (κ1) is 18.1. The zero-order chi connectivity index (χ0) is 19.5. The molecule has 6 heteroatoms. The van der Waals surface area contributed by atoms with Gasteiger partial charge in [0, 0.05) is 36.5 Å². The van der Waals surface area contributed by atoms with E-state index in [0.29, 0.717) is 0 Å². The molecule has 4 aromatic rings. The molecule has 2 aromatic carbocycles. The summed E-state index contributed by atoms with van der Waals surface area (Å²) in [5.74, 6) is 0.731. The van der Waals surface area contributed by atoms with Crippen molar-refractivity contribution in [3.8, 4) is 11.3 Å². The van der Waals surface area contributed by atoms with Crippen molar-refractivity contribution in [3.05, 3.63) is 71.3 Å². The molecule has 0 saturated heterocycles. The van der Waals surface area contributed by atoms with Gasteiger partial charge in [0.1, 0.15) is 17.0 Å². The summed E-state index contributed by atoms with van der Waals surface area (Å²) in [5.41, 5.74) is 10.4. The van der Waals surface area contributed by atoms with Crippen LogP contribution < -0.4 is 10.5 Å². The van der Waals surface area contributed by atoms with Gasteiger partial charge in [0.25, 0.3) is 0 Å². The molecule has 0 spiro atoms. The van der Waals surface area contributed by atoms with Crippen molar-refractivity contribution in [1.29, 1.82) is 0 Å². The van der Waals surface area contributed by atoms with E-state index in [1.165, 1.54) is 18.1 Å². The molecule has 140 valence electrons. The van der Waals surface area contributed by atoms with E-state index in [1.807, 2.05) is 42.5 Å². The molecule has 0 bridgehead atoms. The van der Waals surface area contributed by atoms with Crippen LogP contribution in [-0.2, 0) is 0 Å². The second kappa shape index (κ2) is 7.78. The van der Waals surface area contributed by atoms with E-state index in [9.17, 15) is 0 Å². The lowest BCUT2D eigenvalue weighted by Crippen LogP contribution is -1.97. The molecule has 0 saturated carbocycles. The first-order chi connectivity index (χ1) is 13.7. The number of hydrogen-bond acceptors (Lipinski definition) is 6. The molecule has 0 fully saturated rings. The maximum absolute atomic E-state index is 6.12. The Bertz CT molecular complexity index is 1210.